The van der Waals surface area contributed by atoms with Crippen LogP contribution in [0.3, 0.4) is 0 Å². The van der Waals surface area contributed by atoms with Crippen molar-refractivity contribution in [2.24, 2.45) is 0 Å². The van der Waals surface area contributed by atoms with E-state index < -0.39 is 5.54 Å². The van der Waals surface area contributed by atoms with Gasteiger partial charge >= 0.3 is 0 Å². The summed E-state index contributed by atoms with van der Waals surface area (Å²) < 4.78 is 5.33. The second-order valence-electron chi connectivity index (χ2n) is 8.70. The van der Waals surface area contributed by atoms with Crippen LogP contribution in [0.5, 0.6) is 5.75 Å². The van der Waals surface area contributed by atoms with Crippen LogP contribution in [0.25, 0.3) is 10.8 Å². The maximum Gasteiger partial charge on any atom is 0.257 e. The fourth-order valence-electron chi connectivity index (χ4n) is 4.95. The largest absolute Gasteiger partial charge is 0.497 e. The van der Waals surface area contributed by atoms with E-state index in [-0.39, 0.29) is 11.3 Å². The number of nitrogens with one attached hydrogen (secondary N) is 1. The molecule has 1 spiro atoms. The van der Waals surface area contributed by atoms with Crippen molar-refractivity contribution in [3.05, 3.63) is 125 Å². The number of rotatable bonds is 4. The summed E-state index contributed by atoms with van der Waals surface area (Å²) in [5, 5.41) is 1.15. The molecule has 0 fully saturated rings. The lowest BCUT2D eigenvalue weighted by molar-refractivity contribution is 0.0958. The Morgan fingerprint density at radius 3 is 2.17 bits per heavy atom. The van der Waals surface area contributed by atoms with Gasteiger partial charge in [-0.25, -0.2) is 0 Å². The van der Waals surface area contributed by atoms with Gasteiger partial charge < -0.3 is 19.5 Å². The smallest absolute Gasteiger partial charge is 0.257 e. The summed E-state index contributed by atoms with van der Waals surface area (Å²) in [6, 6.07) is 24.9. The minimum Gasteiger partial charge on any atom is -0.497 e. The number of hydrogen-bond acceptors (Lipinski definition) is 5. The van der Waals surface area contributed by atoms with Crippen LogP contribution in [0.15, 0.2) is 108 Å². The van der Waals surface area contributed by atoms with Gasteiger partial charge in [-0.3, -0.25) is 9.59 Å². The number of aromatic nitrogens is 1. The van der Waals surface area contributed by atoms with Crippen molar-refractivity contribution in [2.45, 2.75) is 12.1 Å². The number of nitrogens with zero attached hydrogens (tertiary/aromatic N) is 2. The van der Waals surface area contributed by atoms with Crippen LogP contribution < -0.4 is 15.2 Å². The Morgan fingerprint density at radius 2 is 1.49 bits per heavy atom. The Balaban J connectivity index is 1.50. The maximum absolute atomic E-state index is 14.2. The molecule has 2 aliphatic rings. The highest BCUT2D eigenvalue weighted by Gasteiger charge is 2.51. The number of hydrogen-bond donors (Lipinski definition) is 1. The number of carbonyl (C=O) groups excluding carboxylic acids is 1. The van der Waals surface area contributed by atoms with Crippen molar-refractivity contribution in [1.82, 2.24) is 9.88 Å². The lowest BCUT2D eigenvalue weighted by atomic mass is 9.89. The second-order valence-corrected chi connectivity index (χ2v) is 8.70. The van der Waals surface area contributed by atoms with E-state index in [2.05, 4.69) is 17.1 Å². The summed E-state index contributed by atoms with van der Waals surface area (Å²) in [5.41, 5.74) is 1.13. The predicted molar refractivity (Wildman–Crippen MR) is 137 cm³/mol. The highest BCUT2D eigenvalue weighted by molar-refractivity contribution is 6.24. The van der Waals surface area contributed by atoms with E-state index in [1.807, 2.05) is 95.0 Å². The first-order valence-electron chi connectivity index (χ1n) is 11.4. The Bertz CT molecular complexity index is 1540. The Morgan fingerprint density at radius 1 is 0.829 bits per heavy atom. The highest BCUT2D eigenvalue weighted by Crippen LogP contribution is 2.47. The zero-order chi connectivity index (χ0) is 24.0. The number of Topliss-reactive ketones (excluding diaryl/α,β-unsaturated/α-hetero) is 1. The van der Waals surface area contributed by atoms with Crippen LogP contribution in [0, 0.1) is 0 Å². The van der Waals surface area contributed by atoms with E-state index in [1.165, 1.54) is 5.56 Å². The number of pyridine rings is 1. The normalized spacial score (nSPS) is 15.7. The summed E-state index contributed by atoms with van der Waals surface area (Å²) in [6.45, 7) is 0.688. The van der Waals surface area contributed by atoms with Crippen molar-refractivity contribution in [2.75, 3.05) is 12.0 Å². The molecule has 35 heavy (non-hydrogen) atoms. The van der Waals surface area contributed by atoms with Gasteiger partial charge in [-0.2, -0.15) is 0 Å². The van der Waals surface area contributed by atoms with Crippen LogP contribution >= 0.6 is 0 Å². The van der Waals surface area contributed by atoms with Gasteiger partial charge in [-0.1, -0.05) is 48.5 Å². The van der Waals surface area contributed by atoms with E-state index in [9.17, 15) is 9.59 Å². The van der Waals surface area contributed by atoms with E-state index in [0.29, 0.717) is 34.4 Å². The van der Waals surface area contributed by atoms with Crippen LogP contribution in [-0.2, 0) is 6.54 Å². The molecule has 0 saturated carbocycles. The first kappa shape index (κ1) is 21.0. The van der Waals surface area contributed by atoms with Crippen molar-refractivity contribution in [3.63, 3.8) is 0 Å². The number of H-pyrrole nitrogens is 1. The molecule has 0 amide bonds. The molecule has 172 valence electrons. The van der Waals surface area contributed by atoms with Crippen LogP contribution in [-0.4, -0.2) is 28.3 Å². The molecule has 1 aromatic heterocycles. The standard InChI is InChI=1S/C29H23N3O3/c1-35-22-13-11-21(12-14-22)32-27-25(23-9-5-6-10-24(23)28(34)30-27)26(33)29(32)15-17-31(18-16-29)19-20-7-3-2-4-8-20/h2-18H,19H2,1H3,(H,30,34). The van der Waals surface area contributed by atoms with E-state index >= 15 is 0 Å². The molecule has 4 aromatic rings. The lowest BCUT2D eigenvalue weighted by Crippen LogP contribution is -2.46. The molecule has 0 radical (unpaired) electrons. The average molecular weight is 462 g/mol. The van der Waals surface area contributed by atoms with Crippen molar-refractivity contribution in [3.8, 4) is 5.75 Å². The summed E-state index contributed by atoms with van der Waals surface area (Å²) in [7, 11) is 1.61. The molecular formula is C29H23N3O3. The van der Waals surface area contributed by atoms with Gasteiger partial charge in [-0.15, -0.1) is 0 Å². The van der Waals surface area contributed by atoms with Gasteiger partial charge in [0, 0.05) is 35.4 Å². The molecule has 2 aliphatic heterocycles. The molecule has 0 bridgehead atoms. The van der Waals surface area contributed by atoms with Crippen LogP contribution in [0.1, 0.15) is 15.9 Å². The molecule has 6 nitrogen and oxygen atoms in total. The first-order chi connectivity index (χ1) is 17.1. The maximum atomic E-state index is 14.2. The van der Waals surface area contributed by atoms with Crippen LogP contribution in [0.4, 0.5) is 11.5 Å². The molecule has 0 atom stereocenters. The predicted octanol–water partition coefficient (Wildman–Crippen LogP) is 5.15. The van der Waals surface area contributed by atoms with Gasteiger partial charge in [0.1, 0.15) is 17.1 Å². The van der Waals surface area contributed by atoms with Gasteiger partial charge in [-0.05, 0) is 48.0 Å². The third-order valence-electron chi connectivity index (χ3n) is 6.67. The molecule has 0 aliphatic carbocycles. The quantitative estimate of drug-likeness (QED) is 0.455. The van der Waals surface area contributed by atoms with Gasteiger partial charge in [0.15, 0.2) is 0 Å². The molecule has 0 saturated heterocycles. The molecule has 3 aromatic carbocycles. The lowest BCUT2D eigenvalue weighted by Gasteiger charge is -2.37. The molecular weight excluding hydrogens is 438 g/mol. The summed E-state index contributed by atoms with van der Waals surface area (Å²) >= 11 is 0. The highest BCUT2D eigenvalue weighted by atomic mass is 16.5. The number of ether oxygens (including phenoxy) is 1. The zero-order valence-corrected chi connectivity index (χ0v) is 19.1. The number of anilines is 2. The number of carbonyl (C=O) groups is 1. The Kier molecular flexibility index (Phi) is 4.81. The molecule has 3 heterocycles. The minimum absolute atomic E-state index is 0.0809. The summed E-state index contributed by atoms with van der Waals surface area (Å²) in [5.74, 6) is 1.13. The van der Waals surface area contributed by atoms with Gasteiger partial charge in [0.2, 0.25) is 5.78 Å². The second kappa shape index (κ2) is 8.02. The van der Waals surface area contributed by atoms with E-state index in [0.717, 1.165) is 5.69 Å². The Labute approximate surface area is 202 Å². The number of methoxy groups -OCH3 is 1. The summed E-state index contributed by atoms with van der Waals surface area (Å²) in [6.07, 6.45) is 7.70. The molecule has 1 N–H and O–H groups in total. The fraction of sp³-hybridized carbons (Fsp3) is 0.103. The Hall–Kier alpha value is -4.58. The monoisotopic (exact) mass is 461 g/mol. The van der Waals surface area contributed by atoms with Crippen LogP contribution in [0.2, 0.25) is 0 Å². The summed E-state index contributed by atoms with van der Waals surface area (Å²) in [4.78, 5) is 34.1. The van der Waals surface area contributed by atoms with E-state index in [4.69, 9.17) is 4.74 Å². The number of benzene rings is 3. The van der Waals surface area contributed by atoms with Crippen molar-refractivity contribution in [1.29, 1.82) is 0 Å². The van der Waals surface area contributed by atoms with E-state index in [1.54, 1.807) is 13.2 Å². The average Bonchev–Trinajstić information content (AvgIpc) is 3.13. The first-order valence-corrected chi connectivity index (χ1v) is 11.4. The molecule has 0 unspecified atom stereocenters. The zero-order valence-electron chi connectivity index (χ0n) is 19.1. The molecule has 6 heteroatoms. The number of aromatic amines is 1. The molecule has 6 rings (SSSR count). The third kappa shape index (κ3) is 3.26. The van der Waals surface area contributed by atoms with Gasteiger partial charge in [0.25, 0.3) is 5.56 Å². The minimum atomic E-state index is -1.10. The number of ketones is 1. The van der Waals surface area contributed by atoms with Crippen molar-refractivity contribution >= 4 is 28.1 Å². The topological polar surface area (TPSA) is 65.6 Å². The fourth-order valence-corrected chi connectivity index (χ4v) is 4.95. The van der Waals surface area contributed by atoms with Crippen molar-refractivity contribution < 1.29 is 9.53 Å². The third-order valence-corrected chi connectivity index (χ3v) is 6.67. The SMILES string of the molecule is COc1ccc(N2c3[nH]c(=O)c4ccccc4c3C(=O)C23C=CN(Cc2ccccc2)C=C3)cc1. The van der Waals surface area contributed by atoms with Gasteiger partial charge in [0.05, 0.1) is 12.7 Å². The number of fused-ring (bicyclic) bond motifs is 3.